The Bertz CT molecular complexity index is 1410. The molecular weight excluding hydrogens is 486 g/mol. The molecule has 8 atom stereocenters. The van der Waals surface area contributed by atoms with Gasteiger partial charge >= 0.3 is 5.63 Å². The maximum absolute atomic E-state index is 13.3. The first-order chi connectivity index (χ1) is 17.9. The van der Waals surface area contributed by atoms with E-state index in [2.05, 4.69) is 25.8 Å². The Morgan fingerprint density at radius 1 is 1.11 bits per heavy atom. The summed E-state index contributed by atoms with van der Waals surface area (Å²) in [5.74, 6) is -0.810. The SMILES string of the molecule is CC1=C[C@H](O)[C@@H]2[C@]34CC[C@](O)(OC3)C(C)(C)[C@@H]4CC[C@@]2(C)[C@@]12Oc1cc(-c3ccccn3)oc(=O)c1[C@@H]2O. The molecule has 8 nitrogen and oxygen atoms in total. The third kappa shape index (κ3) is 2.60. The summed E-state index contributed by atoms with van der Waals surface area (Å²) in [6.07, 6.45) is 4.01. The van der Waals surface area contributed by atoms with Gasteiger partial charge in [-0.3, -0.25) is 4.98 Å². The van der Waals surface area contributed by atoms with Crippen molar-refractivity contribution >= 4 is 0 Å². The number of aliphatic hydroxyl groups is 3. The van der Waals surface area contributed by atoms with E-state index in [1.165, 1.54) is 0 Å². The van der Waals surface area contributed by atoms with Gasteiger partial charge in [-0.15, -0.1) is 0 Å². The average Bonchev–Trinajstić information content (AvgIpc) is 3.18. The molecule has 2 bridgehead atoms. The lowest BCUT2D eigenvalue weighted by Gasteiger charge is -2.73. The summed E-state index contributed by atoms with van der Waals surface area (Å²) < 4.78 is 18.6. The van der Waals surface area contributed by atoms with E-state index in [0.717, 1.165) is 6.42 Å². The van der Waals surface area contributed by atoms with Crippen LogP contribution in [0.3, 0.4) is 0 Å². The van der Waals surface area contributed by atoms with Gasteiger partial charge in [0.25, 0.3) is 0 Å². The fourth-order valence-electron chi connectivity index (χ4n) is 9.58. The quantitative estimate of drug-likeness (QED) is 0.485. The number of rotatable bonds is 1. The lowest BCUT2D eigenvalue weighted by molar-refractivity contribution is -0.401. The normalized spacial score (nSPS) is 44.1. The Kier molecular flexibility index (Phi) is 4.75. The monoisotopic (exact) mass is 521 g/mol. The van der Waals surface area contributed by atoms with Crippen molar-refractivity contribution in [2.75, 3.05) is 6.61 Å². The van der Waals surface area contributed by atoms with Crippen molar-refractivity contribution in [3.8, 4) is 17.2 Å². The summed E-state index contributed by atoms with van der Waals surface area (Å²) in [7, 11) is 0. The van der Waals surface area contributed by atoms with Crippen molar-refractivity contribution in [1.82, 2.24) is 4.98 Å². The van der Waals surface area contributed by atoms with Crippen molar-refractivity contribution < 1.29 is 29.2 Å². The number of pyridine rings is 1. The van der Waals surface area contributed by atoms with Crippen molar-refractivity contribution in [3.05, 3.63) is 58.1 Å². The maximum Gasteiger partial charge on any atom is 0.346 e. The van der Waals surface area contributed by atoms with Gasteiger partial charge in [0.2, 0.25) is 0 Å². The first-order valence-corrected chi connectivity index (χ1v) is 13.6. The molecule has 6 aliphatic rings. The van der Waals surface area contributed by atoms with Crippen LogP contribution in [0.5, 0.6) is 5.75 Å². The smallest absolute Gasteiger partial charge is 0.346 e. The number of nitrogens with zero attached hydrogens (tertiary/aromatic N) is 1. The Morgan fingerprint density at radius 3 is 2.58 bits per heavy atom. The number of aliphatic hydroxyl groups excluding tert-OH is 2. The third-order valence-corrected chi connectivity index (χ3v) is 11.3. The molecule has 0 amide bonds. The van der Waals surface area contributed by atoms with E-state index in [1.54, 1.807) is 30.5 Å². The molecular formula is C30H35NO7. The summed E-state index contributed by atoms with van der Waals surface area (Å²) in [4.78, 5) is 17.6. The van der Waals surface area contributed by atoms with Gasteiger partial charge in [0.05, 0.1) is 12.7 Å². The summed E-state index contributed by atoms with van der Waals surface area (Å²) in [6, 6.07) is 6.99. The Morgan fingerprint density at radius 2 is 1.89 bits per heavy atom. The van der Waals surface area contributed by atoms with Crippen molar-refractivity contribution in [2.45, 2.75) is 77.0 Å². The largest absolute Gasteiger partial charge is 0.478 e. The lowest BCUT2D eigenvalue weighted by Crippen LogP contribution is -2.76. The van der Waals surface area contributed by atoms with Gasteiger partial charge in [-0.1, -0.05) is 32.9 Å². The minimum Gasteiger partial charge on any atom is -0.478 e. The van der Waals surface area contributed by atoms with E-state index >= 15 is 0 Å². The topological polar surface area (TPSA) is 122 Å². The predicted molar refractivity (Wildman–Crippen MR) is 137 cm³/mol. The molecule has 38 heavy (non-hydrogen) atoms. The highest BCUT2D eigenvalue weighted by atomic mass is 16.6. The molecule has 2 saturated carbocycles. The minimum absolute atomic E-state index is 0.103. The minimum atomic E-state index is -1.27. The molecule has 0 aromatic carbocycles. The Balaban J connectivity index is 1.39. The molecule has 0 unspecified atom stereocenters. The van der Waals surface area contributed by atoms with E-state index in [4.69, 9.17) is 13.9 Å². The van der Waals surface area contributed by atoms with Crippen LogP contribution in [0.4, 0.5) is 0 Å². The molecule has 2 spiro atoms. The zero-order chi connectivity index (χ0) is 26.9. The highest BCUT2D eigenvalue weighted by Gasteiger charge is 2.77. The molecule has 2 aromatic rings. The van der Waals surface area contributed by atoms with Crippen LogP contribution in [0, 0.1) is 28.1 Å². The van der Waals surface area contributed by atoms with Crippen LogP contribution in [0.2, 0.25) is 0 Å². The molecule has 2 aromatic heterocycles. The number of ether oxygens (including phenoxy) is 2. The number of fused-ring (bicyclic) bond motifs is 5. The third-order valence-electron chi connectivity index (χ3n) is 11.3. The molecule has 2 saturated heterocycles. The lowest BCUT2D eigenvalue weighted by atomic mass is 9.36. The van der Waals surface area contributed by atoms with E-state index in [-0.39, 0.29) is 28.9 Å². The van der Waals surface area contributed by atoms with Crippen LogP contribution < -0.4 is 10.4 Å². The van der Waals surface area contributed by atoms with Gasteiger partial charge in [-0.2, -0.15) is 0 Å². The molecule has 8 heteroatoms. The second kappa shape index (κ2) is 7.36. The van der Waals surface area contributed by atoms with Crippen LogP contribution in [0.15, 0.2) is 51.3 Å². The average molecular weight is 522 g/mol. The molecule has 0 radical (unpaired) electrons. The second-order valence-electron chi connectivity index (χ2n) is 13.0. The zero-order valence-electron chi connectivity index (χ0n) is 22.2. The maximum atomic E-state index is 13.3. The molecule has 3 aliphatic heterocycles. The summed E-state index contributed by atoms with van der Waals surface area (Å²) in [5.41, 5.74) is -2.25. The van der Waals surface area contributed by atoms with Crippen LogP contribution >= 0.6 is 0 Å². The van der Waals surface area contributed by atoms with Gasteiger partial charge in [0, 0.05) is 40.8 Å². The van der Waals surface area contributed by atoms with Gasteiger partial charge in [-0.05, 0) is 49.8 Å². The van der Waals surface area contributed by atoms with E-state index < -0.39 is 45.5 Å². The fourth-order valence-corrected chi connectivity index (χ4v) is 9.58. The molecule has 4 fully saturated rings. The summed E-state index contributed by atoms with van der Waals surface area (Å²) in [6.45, 7) is 8.43. The second-order valence-corrected chi connectivity index (χ2v) is 13.0. The summed E-state index contributed by atoms with van der Waals surface area (Å²) >= 11 is 0. The zero-order valence-corrected chi connectivity index (χ0v) is 22.2. The summed E-state index contributed by atoms with van der Waals surface area (Å²) in [5, 5.41) is 35.0. The van der Waals surface area contributed by atoms with Crippen molar-refractivity contribution in [2.24, 2.45) is 28.1 Å². The van der Waals surface area contributed by atoms with E-state index in [1.807, 2.05) is 13.0 Å². The van der Waals surface area contributed by atoms with Crippen LogP contribution in [0.25, 0.3) is 11.5 Å². The number of aromatic nitrogens is 1. The Hall–Kier alpha value is -2.52. The van der Waals surface area contributed by atoms with Gasteiger partial charge < -0.3 is 29.2 Å². The fraction of sp³-hybridized carbons (Fsp3) is 0.600. The number of hydrogen-bond acceptors (Lipinski definition) is 8. The van der Waals surface area contributed by atoms with Crippen LogP contribution in [0.1, 0.15) is 65.0 Å². The van der Waals surface area contributed by atoms with Crippen molar-refractivity contribution in [3.63, 3.8) is 0 Å². The van der Waals surface area contributed by atoms with E-state index in [9.17, 15) is 20.1 Å². The first kappa shape index (κ1) is 24.5. The van der Waals surface area contributed by atoms with Gasteiger partial charge in [0.1, 0.15) is 23.1 Å². The molecule has 3 N–H and O–H groups in total. The first-order valence-electron chi connectivity index (χ1n) is 13.6. The van der Waals surface area contributed by atoms with Gasteiger partial charge in [0.15, 0.2) is 17.1 Å². The number of hydrogen-bond donors (Lipinski definition) is 3. The van der Waals surface area contributed by atoms with Gasteiger partial charge in [-0.25, -0.2) is 4.79 Å². The Labute approximate surface area is 221 Å². The molecule has 202 valence electrons. The highest BCUT2D eigenvalue weighted by Crippen LogP contribution is 2.75. The van der Waals surface area contributed by atoms with Crippen molar-refractivity contribution in [1.29, 1.82) is 0 Å². The predicted octanol–water partition coefficient (Wildman–Crippen LogP) is 3.74. The molecule has 3 aliphatic carbocycles. The molecule has 5 heterocycles. The van der Waals surface area contributed by atoms with Crippen LogP contribution in [-0.4, -0.2) is 44.4 Å². The van der Waals surface area contributed by atoms with E-state index in [0.29, 0.717) is 37.1 Å². The standard InChI is InChI=1S/C30H35NO7/c1-16-13-18(32)23-27(4,9-8-21-26(2,3)29(35)11-10-28(21,23)15-36-29)30(16)24(33)22-20(38-30)14-19(37-25(22)34)17-7-5-6-12-31-17/h5-7,12-14,18,21,23-24,32-33,35H,8-11,15H2,1-4H3/t18-,21-,23-,24-,27+,28+,29-,30+/m0/s1. The van der Waals surface area contributed by atoms with Crippen LogP contribution in [-0.2, 0) is 4.74 Å². The highest BCUT2D eigenvalue weighted by molar-refractivity contribution is 5.58. The molecule has 8 rings (SSSR count).